The van der Waals surface area contributed by atoms with Gasteiger partial charge in [0.2, 0.25) is 5.91 Å². The minimum Gasteiger partial charge on any atom is -0.494 e. The van der Waals surface area contributed by atoms with Gasteiger partial charge in [-0.15, -0.1) is 0 Å². The summed E-state index contributed by atoms with van der Waals surface area (Å²) in [6, 6.07) is 13.7. The average Bonchev–Trinajstić information content (AvgIpc) is 3.10. The highest BCUT2D eigenvalue weighted by molar-refractivity contribution is 5.99. The van der Waals surface area contributed by atoms with Crippen molar-refractivity contribution >= 4 is 17.5 Å². The van der Waals surface area contributed by atoms with Crippen molar-refractivity contribution < 1.29 is 23.6 Å². The molecular weight excluding hydrogens is 398 g/mol. The SMILES string of the molecule is CCOc1ccc(NC(=O)CNC(=O)c2ccc(OCc3c(C)noc3C)cc2)cc1. The van der Waals surface area contributed by atoms with E-state index in [1.165, 1.54) is 0 Å². The molecule has 2 N–H and O–H groups in total. The monoisotopic (exact) mass is 423 g/mol. The molecule has 0 saturated heterocycles. The molecule has 2 aromatic carbocycles. The molecule has 0 spiro atoms. The van der Waals surface area contributed by atoms with Gasteiger partial charge in [0.25, 0.3) is 5.91 Å². The second-order valence-corrected chi connectivity index (χ2v) is 6.80. The zero-order chi connectivity index (χ0) is 22.2. The molecule has 1 heterocycles. The highest BCUT2D eigenvalue weighted by Gasteiger charge is 2.11. The topological polar surface area (TPSA) is 103 Å². The van der Waals surface area contributed by atoms with E-state index in [1.54, 1.807) is 48.5 Å². The standard InChI is InChI=1S/C23H25N3O5/c1-4-29-19-11-7-18(8-12-19)25-22(27)13-24-23(28)17-5-9-20(10-6-17)30-14-21-15(2)26-31-16(21)3/h5-12H,4,13-14H2,1-3H3,(H,24,28)(H,25,27). The van der Waals surface area contributed by atoms with Crippen molar-refractivity contribution in [1.29, 1.82) is 0 Å². The summed E-state index contributed by atoms with van der Waals surface area (Å²) < 4.78 is 16.2. The van der Waals surface area contributed by atoms with Gasteiger partial charge >= 0.3 is 0 Å². The first-order chi connectivity index (χ1) is 15.0. The van der Waals surface area contributed by atoms with Crippen molar-refractivity contribution in [2.24, 2.45) is 0 Å². The molecule has 3 aromatic rings. The van der Waals surface area contributed by atoms with Gasteiger partial charge in [-0.1, -0.05) is 5.16 Å². The van der Waals surface area contributed by atoms with Crippen LogP contribution in [0, 0.1) is 13.8 Å². The quantitative estimate of drug-likeness (QED) is 0.545. The lowest BCUT2D eigenvalue weighted by molar-refractivity contribution is -0.115. The summed E-state index contributed by atoms with van der Waals surface area (Å²) in [5.74, 6) is 1.39. The normalized spacial score (nSPS) is 10.4. The molecule has 162 valence electrons. The first-order valence-electron chi connectivity index (χ1n) is 9.91. The molecule has 1 aromatic heterocycles. The summed E-state index contributed by atoms with van der Waals surface area (Å²) in [4.78, 5) is 24.4. The van der Waals surface area contributed by atoms with Crippen LogP contribution in [0.2, 0.25) is 0 Å². The summed E-state index contributed by atoms with van der Waals surface area (Å²) >= 11 is 0. The third kappa shape index (κ3) is 6.08. The largest absolute Gasteiger partial charge is 0.494 e. The van der Waals surface area contributed by atoms with Crippen LogP contribution in [0.3, 0.4) is 0 Å². The molecule has 8 heteroatoms. The van der Waals surface area contributed by atoms with Crippen molar-refractivity contribution in [2.75, 3.05) is 18.5 Å². The fraction of sp³-hybridized carbons (Fsp3) is 0.261. The van der Waals surface area contributed by atoms with E-state index < -0.39 is 0 Å². The minimum atomic E-state index is -0.348. The Hall–Kier alpha value is -3.81. The van der Waals surface area contributed by atoms with Gasteiger partial charge in [-0.2, -0.15) is 0 Å². The Balaban J connectivity index is 1.46. The number of rotatable bonds is 9. The Morgan fingerprint density at radius 1 is 0.968 bits per heavy atom. The van der Waals surface area contributed by atoms with Gasteiger partial charge in [0.15, 0.2) is 0 Å². The molecular formula is C23H25N3O5. The van der Waals surface area contributed by atoms with Crippen molar-refractivity contribution in [1.82, 2.24) is 10.5 Å². The Bertz CT molecular complexity index is 1010. The van der Waals surface area contributed by atoms with E-state index >= 15 is 0 Å². The smallest absolute Gasteiger partial charge is 0.251 e. The first-order valence-corrected chi connectivity index (χ1v) is 9.91. The lowest BCUT2D eigenvalue weighted by Crippen LogP contribution is -2.32. The van der Waals surface area contributed by atoms with Gasteiger partial charge in [0.05, 0.1) is 24.4 Å². The van der Waals surface area contributed by atoms with Crippen molar-refractivity contribution in [3.63, 3.8) is 0 Å². The number of ether oxygens (including phenoxy) is 2. The highest BCUT2D eigenvalue weighted by Crippen LogP contribution is 2.18. The summed E-state index contributed by atoms with van der Waals surface area (Å²) in [5, 5.41) is 9.22. The van der Waals surface area contributed by atoms with Crippen LogP contribution in [0.1, 0.15) is 34.3 Å². The number of aromatic nitrogens is 1. The van der Waals surface area contributed by atoms with Crippen LogP contribution in [-0.2, 0) is 11.4 Å². The van der Waals surface area contributed by atoms with Crippen LogP contribution < -0.4 is 20.1 Å². The maximum Gasteiger partial charge on any atom is 0.251 e. The number of hydrogen-bond donors (Lipinski definition) is 2. The van der Waals surface area contributed by atoms with E-state index in [0.29, 0.717) is 30.2 Å². The summed E-state index contributed by atoms with van der Waals surface area (Å²) in [6.07, 6.45) is 0. The van der Waals surface area contributed by atoms with Gasteiger partial charge < -0.3 is 24.6 Å². The number of aryl methyl sites for hydroxylation is 2. The van der Waals surface area contributed by atoms with E-state index in [9.17, 15) is 9.59 Å². The predicted octanol–water partition coefficient (Wildman–Crippen LogP) is 3.64. The molecule has 3 rings (SSSR count). The molecule has 0 bridgehead atoms. The number of benzene rings is 2. The average molecular weight is 423 g/mol. The Morgan fingerprint density at radius 3 is 2.23 bits per heavy atom. The first kappa shape index (κ1) is 21.9. The highest BCUT2D eigenvalue weighted by atomic mass is 16.5. The Labute approximate surface area is 180 Å². The molecule has 0 aliphatic heterocycles. The third-order valence-corrected chi connectivity index (χ3v) is 4.54. The van der Waals surface area contributed by atoms with Crippen LogP contribution in [0.4, 0.5) is 5.69 Å². The van der Waals surface area contributed by atoms with E-state index in [-0.39, 0.29) is 18.4 Å². The Kier molecular flexibility index (Phi) is 7.26. The second kappa shape index (κ2) is 10.3. The zero-order valence-corrected chi connectivity index (χ0v) is 17.7. The molecule has 31 heavy (non-hydrogen) atoms. The van der Waals surface area contributed by atoms with Crippen LogP contribution in [0.25, 0.3) is 0 Å². The minimum absolute atomic E-state index is 0.143. The molecule has 0 atom stereocenters. The van der Waals surface area contributed by atoms with Gasteiger partial charge in [0, 0.05) is 11.3 Å². The van der Waals surface area contributed by atoms with Crippen LogP contribution in [-0.4, -0.2) is 30.1 Å². The second-order valence-electron chi connectivity index (χ2n) is 6.80. The molecule has 0 unspecified atom stereocenters. The maximum absolute atomic E-state index is 12.3. The van der Waals surface area contributed by atoms with Crippen molar-refractivity contribution in [2.45, 2.75) is 27.4 Å². The molecule has 0 saturated carbocycles. The maximum atomic E-state index is 12.3. The predicted molar refractivity (Wildman–Crippen MR) is 115 cm³/mol. The number of hydrogen-bond acceptors (Lipinski definition) is 6. The fourth-order valence-corrected chi connectivity index (χ4v) is 2.83. The van der Waals surface area contributed by atoms with E-state index in [2.05, 4.69) is 15.8 Å². The molecule has 0 radical (unpaired) electrons. The molecule has 0 aliphatic rings. The summed E-state index contributed by atoms with van der Waals surface area (Å²) in [7, 11) is 0. The van der Waals surface area contributed by atoms with E-state index in [0.717, 1.165) is 22.8 Å². The number of carbonyl (C=O) groups excluding carboxylic acids is 2. The van der Waals surface area contributed by atoms with Gasteiger partial charge in [-0.3, -0.25) is 9.59 Å². The fourth-order valence-electron chi connectivity index (χ4n) is 2.83. The molecule has 8 nitrogen and oxygen atoms in total. The van der Waals surface area contributed by atoms with Crippen molar-refractivity contribution in [3.05, 3.63) is 71.1 Å². The van der Waals surface area contributed by atoms with Gasteiger partial charge in [0.1, 0.15) is 23.9 Å². The lowest BCUT2D eigenvalue weighted by atomic mass is 10.2. The van der Waals surface area contributed by atoms with Crippen molar-refractivity contribution in [3.8, 4) is 11.5 Å². The van der Waals surface area contributed by atoms with E-state index in [4.69, 9.17) is 14.0 Å². The van der Waals surface area contributed by atoms with Gasteiger partial charge in [-0.05, 0) is 69.3 Å². The van der Waals surface area contributed by atoms with Gasteiger partial charge in [-0.25, -0.2) is 0 Å². The summed E-state index contributed by atoms with van der Waals surface area (Å²) in [5.41, 5.74) is 2.75. The number of anilines is 1. The number of carbonyl (C=O) groups is 2. The van der Waals surface area contributed by atoms with Crippen LogP contribution in [0.5, 0.6) is 11.5 Å². The molecule has 2 amide bonds. The van der Waals surface area contributed by atoms with Crippen LogP contribution in [0.15, 0.2) is 53.1 Å². The number of nitrogens with one attached hydrogen (secondary N) is 2. The molecule has 0 fully saturated rings. The lowest BCUT2D eigenvalue weighted by Gasteiger charge is -2.09. The summed E-state index contributed by atoms with van der Waals surface area (Å²) in [6.45, 7) is 6.35. The Morgan fingerprint density at radius 2 is 1.61 bits per heavy atom. The number of amides is 2. The zero-order valence-electron chi connectivity index (χ0n) is 17.7. The van der Waals surface area contributed by atoms with E-state index in [1.807, 2.05) is 20.8 Å². The number of nitrogens with zero attached hydrogens (tertiary/aromatic N) is 1. The van der Waals surface area contributed by atoms with Crippen LogP contribution >= 0.6 is 0 Å². The molecule has 0 aliphatic carbocycles. The third-order valence-electron chi connectivity index (χ3n) is 4.54.